The maximum atomic E-state index is 5.99. The second kappa shape index (κ2) is 4.75. The normalized spacial score (nSPS) is 14.6. The number of halogens is 2. The highest BCUT2D eigenvalue weighted by Crippen LogP contribution is 2.27. The molecule has 3 nitrogen and oxygen atoms in total. The van der Waals surface area contributed by atoms with Crippen molar-refractivity contribution in [3.63, 3.8) is 0 Å². The number of fused-ring (bicyclic) bond motifs is 1. The summed E-state index contributed by atoms with van der Waals surface area (Å²) in [6, 6.07) is 10.5. The standard InChI is InChI=1S/C13H11Cl2N3/c14-12-7-11(13(15)18-17-12)16-10-5-8-3-1-2-4-9(8)6-10/h1-4,7,10H,5-6H2,(H,16,17). The second-order valence-electron chi connectivity index (χ2n) is 4.39. The number of hydrogen-bond acceptors (Lipinski definition) is 3. The first kappa shape index (κ1) is 11.8. The molecule has 1 aliphatic carbocycles. The molecule has 0 saturated carbocycles. The van der Waals surface area contributed by atoms with Gasteiger partial charge in [0.05, 0.1) is 5.69 Å². The summed E-state index contributed by atoms with van der Waals surface area (Å²) >= 11 is 11.8. The van der Waals surface area contributed by atoms with Crippen molar-refractivity contribution >= 4 is 28.9 Å². The van der Waals surface area contributed by atoms with Crippen LogP contribution in [0.25, 0.3) is 0 Å². The van der Waals surface area contributed by atoms with Crippen LogP contribution < -0.4 is 5.32 Å². The molecule has 1 N–H and O–H groups in total. The van der Waals surface area contributed by atoms with Crippen molar-refractivity contribution in [2.24, 2.45) is 0 Å². The fourth-order valence-corrected chi connectivity index (χ4v) is 2.63. The number of nitrogens with one attached hydrogen (secondary N) is 1. The van der Waals surface area contributed by atoms with E-state index in [1.54, 1.807) is 6.07 Å². The molecule has 0 atom stereocenters. The van der Waals surface area contributed by atoms with Gasteiger partial charge in [-0.3, -0.25) is 0 Å². The summed E-state index contributed by atoms with van der Waals surface area (Å²) in [4.78, 5) is 0. The molecule has 0 bridgehead atoms. The Kier molecular flexibility index (Phi) is 3.10. The molecule has 1 aromatic carbocycles. The predicted molar refractivity (Wildman–Crippen MR) is 73.3 cm³/mol. The smallest absolute Gasteiger partial charge is 0.174 e. The van der Waals surface area contributed by atoms with Gasteiger partial charge in [0.15, 0.2) is 10.3 Å². The predicted octanol–water partition coefficient (Wildman–Crippen LogP) is 3.36. The van der Waals surface area contributed by atoms with Crippen LogP contribution in [0.4, 0.5) is 5.69 Å². The molecule has 0 aliphatic heterocycles. The van der Waals surface area contributed by atoms with Crippen LogP contribution >= 0.6 is 23.2 Å². The molecule has 0 unspecified atom stereocenters. The second-order valence-corrected chi connectivity index (χ2v) is 5.14. The zero-order chi connectivity index (χ0) is 12.5. The maximum absolute atomic E-state index is 5.99. The zero-order valence-corrected chi connectivity index (χ0v) is 11.0. The van der Waals surface area contributed by atoms with E-state index >= 15 is 0 Å². The minimum atomic E-state index is 0.333. The van der Waals surface area contributed by atoms with E-state index < -0.39 is 0 Å². The van der Waals surface area contributed by atoms with Gasteiger partial charge in [0.2, 0.25) is 0 Å². The summed E-state index contributed by atoms with van der Waals surface area (Å²) in [7, 11) is 0. The molecule has 0 spiro atoms. The van der Waals surface area contributed by atoms with Crippen LogP contribution in [-0.2, 0) is 12.8 Å². The average molecular weight is 280 g/mol. The summed E-state index contributed by atoms with van der Waals surface area (Å²) < 4.78 is 0. The first-order chi connectivity index (χ1) is 8.72. The fourth-order valence-electron chi connectivity index (χ4n) is 2.34. The molecular weight excluding hydrogens is 269 g/mol. The zero-order valence-electron chi connectivity index (χ0n) is 9.53. The Morgan fingerprint density at radius 2 is 1.72 bits per heavy atom. The minimum absolute atomic E-state index is 0.333. The Morgan fingerprint density at radius 1 is 1.06 bits per heavy atom. The van der Waals surface area contributed by atoms with Gasteiger partial charge < -0.3 is 5.32 Å². The third-order valence-corrected chi connectivity index (χ3v) is 3.59. The first-order valence-electron chi connectivity index (χ1n) is 5.74. The van der Waals surface area contributed by atoms with Crippen LogP contribution in [0, 0.1) is 0 Å². The van der Waals surface area contributed by atoms with Crippen molar-refractivity contribution in [3.05, 3.63) is 51.8 Å². The van der Waals surface area contributed by atoms with Crippen LogP contribution in [0.15, 0.2) is 30.3 Å². The van der Waals surface area contributed by atoms with Gasteiger partial charge in [-0.05, 0) is 24.0 Å². The van der Waals surface area contributed by atoms with Crippen molar-refractivity contribution in [2.75, 3.05) is 5.32 Å². The highest BCUT2D eigenvalue weighted by atomic mass is 35.5. The summed E-state index contributed by atoms with van der Waals surface area (Å²) in [5.41, 5.74) is 3.52. The largest absolute Gasteiger partial charge is 0.379 e. The lowest BCUT2D eigenvalue weighted by Crippen LogP contribution is -2.20. The third-order valence-electron chi connectivity index (χ3n) is 3.13. The molecule has 1 aliphatic rings. The van der Waals surface area contributed by atoms with Crippen molar-refractivity contribution in [1.29, 1.82) is 0 Å². The van der Waals surface area contributed by atoms with Gasteiger partial charge >= 0.3 is 0 Å². The lowest BCUT2D eigenvalue weighted by atomic mass is 10.1. The van der Waals surface area contributed by atoms with Gasteiger partial charge in [-0.2, -0.15) is 0 Å². The summed E-state index contributed by atoms with van der Waals surface area (Å²) in [5, 5.41) is 11.6. The molecule has 5 heteroatoms. The first-order valence-corrected chi connectivity index (χ1v) is 6.50. The monoisotopic (exact) mass is 279 g/mol. The molecule has 1 aromatic heterocycles. The number of aromatic nitrogens is 2. The van der Waals surface area contributed by atoms with Gasteiger partial charge in [-0.25, -0.2) is 0 Å². The number of nitrogens with zero attached hydrogens (tertiary/aromatic N) is 2. The van der Waals surface area contributed by atoms with E-state index in [4.69, 9.17) is 23.2 Å². The van der Waals surface area contributed by atoms with Gasteiger partial charge in [-0.15, -0.1) is 10.2 Å². The average Bonchev–Trinajstić information content (AvgIpc) is 2.76. The molecule has 0 fully saturated rings. The van der Waals surface area contributed by atoms with E-state index in [1.165, 1.54) is 11.1 Å². The van der Waals surface area contributed by atoms with Gasteiger partial charge in [0, 0.05) is 12.1 Å². The Hall–Kier alpha value is -1.32. The molecule has 2 aromatic rings. The van der Waals surface area contributed by atoms with Crippen LogP contribution in [0.1, 0.15) is 11.1 Å². The van der Waals surface area contributed by atoms with Crippen LogP contribution in [0.3, 0.4) is 0 Å². The van der Waals surface area contributed by atoms with E-state index in [-0.39, 0.29) is 0 Å². The van der Waals surface area contributed by atoms with Crippen molar-refractivity contribution < 1.29 is 0 Å². The third kappa shape index (κ3) is 2.28. The van der Waals surface area contributed by atoms with E-state index in [9.17, 15) is 0 Å². The number of benzene rings is 1. The van der Waals surface area contributed by atoms with E-state index in [2.05, 4.69) is 39.8 Å². The summed E-state index contributed by atoms with van der Waals surface area (Å²) in [6.45, 7) is 0. The van der Waals surface area contributed by atoms with Gasteiger partial charge in [-0.1, -0.05) is 47.5 Å². The van der Waals surface area contributed by atoms with Crippen LogP contribution in [-0.4, -0.2) is 16.2 Å². The van der Waals surface area contributed by atoms with Gasteiger partial charge in [0.25, 0.3) is 0 Å². The minimum Gasteiger partial charge on any atom is -0.379 e. The fraction of sp³-hybridized carbons (Fsp3) is 0.231. The van der Waals surface area contributed by atoms with Crippen LogP contribution in [0.2, 0.25) is 10.3 Å². The lowest BCUT2D eigenvalue weighted by molar-refractivity contribution is 0.772. The number of rotatable bonds is 2. The molecule has 0 radical (unpaired) electrons. The molecule has 0 amide bonds. The maximum Gasteiger partial charge on any atom is 0.174 e. The molecule has 0 saturated heterocycles. The van der Waals surface area contributed by atoms with Crippen molar-refractivity contribution in [3.8, 4) is 0 Å². The SMILES string of the molecule is Clc1cc(NC2Cc3ccccc3C2)c(Cl)nn1. The molecule has 1 heterocycles. The van der Waals surface area contributed by atoms with E-state index in [1.807, 2.05) is 0 Å². The lowest BCUT2D eigenvalue weighted by Gasteiger charge is -2.14. The van der Waals surface area contributed by atoms with E-state index in [0.29, 0.717) is 16.3 Å². The van der Waals surface area contributed by atoms with Crippen LogP contribution in [0.5, 0.6) is 0 Å². The highest BCUT2D eigenvalue weighted by Gasteiger charge is 2.21. The van der Waals surface area contributed by atoms with E-state index in [0.717, 1.165) is 18.5 Å². The molecule has 3 rings (SSSR count). The van der Waals surface area contributed by atoms with Crippen molar-refractivity contribution in [1.82, 2.24) is 10.2 Å². The Balaban J connectivity index is 1.78. The topological polar surface area (TPSA) is 37.8 Å². The Bertz CT molecular complexity index is 561. The molecule has 18 heavy (non-hydrogen) atoms. The van der Waals surface area contributed by atoms with Crippen molar-refractivity contribution in [2.45, 2.75) is 18.9 Å². The molecule has 92 valence electrons. The Labute approximate surface area is 115 Å². The number of anilines is 1. The highest BCUT2D eigenvalue weighted by molar-refractivity contribution is 6.33. The number of hydrogen-bond donors (Lipinski definition) is 1. The summed E-state index contributed by atoms with van der Waals surface area (Å²) in [5.74, 6) is 0. The quantitative estimate of drug-likeness (QED) is 0.916. The summed E-state index contributed by atoms with van der Waals surface area (Å²) in [6.07, 6.45) is 1.99. The van der Waals surface area contributed by atoms with Gasteiger partial charge in [0.1, 0.15) is 0 Å². The Morgan fingerprint density at radius 3 is 2.39 bits per heavy atom. The molecular formula is C13H11Cl2N3.